The van der Waals surface area contributed by atoms with E-state index in [-0.39, 0.29) is 12.1 Å². The highest BCUT2D eigenvalue weighted by atomic mass is 16.3. The third-order valence-corrected chi connectivity index (χ3v) is 4.10. The first-order valence-corrected chi connectivity index (χ1v) is 6.46. The van der Waals surface area contributed by atoms with Crippen LogP contribution in [0, 0.1) is 5.92 Å². The average Bonchev–Trinajstić information content (AvgIpc) is 2.75. The Bertz CT molecular complexity index is 353. The van der Waals surface area contributed by atoms with E-state index >= 15 is 0 Å². The Morgan fingerprint density at radius 1 is 1.53 bits per heavy atom. The largest absolute Gasteiger partial charge is 0.394 e. The van der Waals surface area contributed by atoms with Crippen molar-refractivity contribution in [1.29, 1.82) is 0 Å². The maximum atomic E-state index is 9.64. The summed E-state index contributed by atoms with van der Waals surface area (Å²) in [6.07, 6.45) is 8.25. The standard InChI is InChI=1S/C13H23N3O/c1-11-3-5-13(9-17,6-4-11)15-8-12-7-14-10-16(12)2/h7,10-11,15,17H,3-6,8-9H2,1-2H3. The molecule has 1 aliphatic carbocycles. The Kier molecular flexibility index (Phi) is 3.84. The monoisotopic (exact) mass is 237 g/mol. The SMILES string of the molecule is CC1CCC(CO)(NCc2cncn2C)CC1. The van der Waals surface area contributed by atoms with Gasteiger partial charge in [0.05, 0.1) is 18.6 Å². The van der Waals surface area contributed by atoms with Gasteiger partial charge in [0.1, 0.15) is 0 Å². The number of nitrogens with one attached hydrogen (secondary N) is 1. The van der Waals surface area contributed by atoms with Crippen LogP contribution < -0.4 is 5.32 Å². The van der Waals surface area contributed by atoms with E-state index in [2.05, 4.69) is 17.2 Å². The molecule has 2 N–H and O–H groups in total. The molecule has 1 heterocycles. The van der Waals surface area contributed by atoms with Gasteiger partial charge in [-0.15, -0.1) is 0 Å². The molecule has 0 aromatic carbocycles. The molecule has 1 aromatic rings. The summed E-state index contributed by atoms with van der Waals surface area (Å²) in [4.78, 5) is 4.11. The van der Waals surface area contributed by atoms with Gasteiger partial charge in [0, 0.05) is 25.3 Å². The summed E-state index contributed by atoms with van der Waals surface area (Å²) in [5, 5.41) is 13.2. The third-order valence-electron chi connectivity index (χ3n) is 4.10. The summed E-state index contributed by atoms with van der Waals surface area (Å²) in [7, 11) is 2.00. The Morgan fingerprint density at radius 3 is 2.76 bits per heavy atom. The first-order valence-electron chi connectivity index (χ1n) is 6.46. The normalized spacial score (nSPS) is 29.5. The number of hydrogen-bond donors (Lipinski definition) is 2. The van der Waals surface area contributed by atoms with Crippen LogP contribution in [0.5, 0.6) is 0 Å². The molecular weight excluding hydrogens is 214 g/mol. The fourth-order valence-corrected chi connectivity index (χ4v) is 2.54. The molecule has 0 saturated heterocycles. The van der Waals surface area contributed by atoms with Crippen molar-refractivity contribution in [3.8, 4) is 0 Å². The molecule has 1 aliphatic rings. The number of aryl methyl sites for hydroxylation is 1. The predicted octanol–water partition coefficient (Wildman–Crippen LogP) is 1.45. The van der Waals surface area contributed by atoms with Gasteiger partial charge in [-0.1, -0.05) is 6.92 Å². The Hall–Kier alpha value is -0.870. The van der Waals surface area contributed by atoms with Gasteiger partial charge in [0.15, 0.2) is 0 Å². The molecule has 4 nitrogen and oxygen atoms in total. The maximum absolute atomic E-state index is 9.64. The van der Waals surface area contributed by atoms with Gasteiger partial charge in [-0.2, -0.15) is 0 Å². The second kappa shape index (κ2) is 5.19. The van der Waals surface area contributed by atoms with Gasteiger partial charge < -0.3 is 15.0 Å². The Balaban J connectivity index is 1.94. The lowest BCUT2D eigenvalue weighted by Gasteiger charge is -2.39. The quantitative estimate of drug-likeness (QED) is 0.833. The molecule has 0 bridgehead atoms. The van der Waals surface area contributed by atoms with Crippen LogP contribution in [-0.2, 0) is 13.6 Å². The van der Waals surface area contributed by atoms with Crippen LogP contribution in [0.2, 0.25) is 0 Å². The van der Waals surface area contributed by atoms with Crippen LogP contribution in [-0.4, -0.2) is 26.8 Å². The lowest BCUT2D eigenvalue weighted by molar-refractivity contribution is 0.104. The van der Waals surface area contributed by atoms with Crippen LogP contribution in [0.3, 0.4) is 0 Å². The van der Waals surface area contributed by atoms with Crippen molar-refractivity contribution in [2.45, 2.75) is 44.7 Å². The summed E-state index contributed by atoms with van der Waals surface area (Å²) >= 11 is 0. The van der Waals surface area contributed by atoms with Crippen LogP contribution in [0.25, 0.3) is 0 Å². The number of aliphatic hydroxyl groups is 1. The lowest BCUT2D eigenvalue weighted by Crippen LogP contribution is -2.50. The molecule has 1 fully saturated rings. The predicted molar refractivity (Wildman–Crippen MR) is 67.5 cm³/mol. The molecule has 0 aliphatic heterocycles. The van der Waals surface area contributed by atoms with Crippen molar-refractivity contribution in [2.75, 3.05) is 6.61 Å². The smallest absolute Gasteiger partial charge is 0.0945 e. The van der Waals surface area contributed by atoms with Crippen molar-refractivity contribution in [1.82, 2.24) is 14.9 Å². The van der Waals surface area contributed by atoms with E-state index in [0.717, 1.165) is 31.0 Å². The van der Waals surface area contributed by atoms with E-state index in [4.69, 9.17) is 0 Å². The van der Waals surface area contributed by atoms with Crippen molar-refractivity contribution < 1.29 is 5.11 Å². The Morgan fingerprint density at radius 2 is 2.24 bits per heavy atom. The van der Waals surface area contributed by atoms with Crippen molar-refractivity contribution in [3.05, 3.63) is 18.2 Å². The number of imidazole rings is 1. The zero-order chi connectivity index (χ0) is 12.3. The minimum absolute atomic E-state index is 0.0726. The molecule has 96 valence electrons. The van der Waals surface area contributed by atoms with Crippen molar-refractivity contribution in [3.63, 3.8) is 0 Å². The molecular formula is C13H23N3O. The topological polar surface area (TPSA) is 50.1 Å². The second-order valence-corrected chi connectivity index (χ2v) is 5.47. The molecule has 0 atom stereocenters. The third kappa shape index (κ3) is 2.87. The molecule has 17 heavy (non-hydrogen) atoms. The number of nitrogens with zero attached hydrogens (tertiary/aromatic N) is 2. The molecule has 1 saturated carbocycles. The minimum atomic E-state index is -0.0726. The lowest BCUT2D eigenvalue weighted by atomic mass is 9.77. The molecule has 2 rings (SSSR count). The summed E-state index contributed by atoms with van der Waals surface area (Å²) in [6.45, 7) is 3.31. The van der Waals surface area contributed by atoms with Crippen molar-refractivity contribution in [2.24, 2.45) is 13.0 Å². The second-order valence-electron chi connectivity index (χ2n) is 5.47. The average molecular weight is 237 g/mol. The van der Waals surface area contributed by atoms with Gasteiger partial charge in [0.25, 0.3) is 0 Å². The fourth-order valence-electron chi connectivity index (χ4n) is 2.54. The number of aliphatic hydroxyl groups excluding tert-OH is 1. The van der Waals surface area contributed by atoms with E-state index < -0.39 is 0 Å². The van der Waals surface area contributed by atoms with E-state index in [0.29, 0.717) is 0 Å². The Labute approximate surface area is 103 Å². The molecule has 0 spiro atoms. The van der Waals surface area contributed by atoms with Gasteiger partial charge >= 0.3 is 0 Å². The summed E-state index contributed by atoms with van der Waals surface area (Å²) in [6, 6.07) is 0. The number of rotatable bonds is 4. The first kappa shape index (κ1) is 12.6. The van der Waals surface area contributed by atoms with E-state index in [9.17, 15) is 5.11 Å². The summed E-state index contributed by atoms with van der Waals surface area (Å²) in [5.74, 6) is 0.799. The van der Waals surface area contributed by atoms with Crippen LogP contribution >= 0.6 is 0 Å². The fraction of sp³-hybridized carbons (Fsp3) is 0.769. The van der Waals surface area contributed by atoms with E-state index in [1.165, 1.54) is 12.8 Å². The van der Waals surface area contributed by atoms with Gasteiger partial charge in [-0.05, 0) is 31.6 Å². The molecule has 0 unspecified atom stereocenters. The molecule has 4 heteroatoms. The molecule has 1 aromatic heterocycles. The summed E-state index contributed by atoms with van der Waals surface area (Å²) < 4.78 is 2.02. The van der Waals surface area contributed by atoms with E-state index in [1.807, 2.05) is 24.1 Å². The van der Waals surface area contributed by atoms with Gasteiger partial charge in [-0.25, -0.2) is 4.98 Å². The first-order chi connectivity index (χ1) is 8.15. The van der Waals surface area contributed by atoms with E-state index in [1.54, 1.807) is 0 Å². The highest BCUT2D eigenvalue weighted by Crippen LogP contribution is 2.31. The van der Waals surface area contributed by atoms with Crippen LogP contribution in [0.4, 0.5) is 0 Å². The van der Waals surface area contributed by atoms with Crippen LogP contribution in [0.1, 0.15) is 38.3 Å². The zero-order valence-corrected chi connectivity index (χ0v) is 10.8. The van der Waals surface area contributed by atoms with Crippen LogP contribution in [0.15, 0.2) is 12.5 Å². The molecule has 0 amide bonds. The highest BCUT2D eigenvalue weighted by molar-refractivity contribution is 5.00. The number of hydrogen-bond acceptors (Lipinski definition) is 3. The summed E-state index contributed by atoms with van der Waals surface area (Å²) in [5.41, 5.74) is 1.09. The maximum Gasteiger partial charge on any atom is 0.0945 e. The van der Waals surface area contributed by atoms with Gasteiger partial charge in [-0.3, -0.25) is 0 Å². The number of aromatic nitrogens is 2. The highest BCUT2D eigenvalue weighted by Gasteiger charge is 2.33. The molecule has 0 radical (unpaired) electrons. The minimum Gasteiger partial charge on any atom is -0.394 e. The zero-order valence-electron chi connectivity index (χ0n) is 10.8. The van der Waals surface area contributed by atoms with Gasteiger partial charge in [0.2, 0.25) is 0 Å². The van der Waals surface area contributed by atoms with Crippen molar-refractivity contribution >= 4 is 0 Å².